The fourth-order valence-electron chi connectivity index (χ4n) is 2.17. The number of sulfone groups is 1. The third-order valence-electron chi connectivity index (χ3n) is 3.38. The fourth-order valence-corrected chi connectivity index (χ4v) is 4.51. The van der Waals surface area contributed by atoms with E-state index >= 15 is 0 Å². The standard InChI is InChI=1S/C14H13F3N2O4S2/c1-8-2-4-10(25(19,22)23)7-13(8)24(20,21)12-5-3-9(18)6-11(12)14(15,16)17/h2-7H,18H2,1H3,(H2,19,22,23). The summed E-state index contributed by atoms with van der Waals surface area (Å²) in [6, 6.07) is 5.20. The molecule has 6 nitrogen and oxygen atoms in total. The minimum atomic E-state index is -4.97. The molecule has 2 rings (SSSR count). The van der Waals surface area contributed by atoms with Crippen molar-refractivity contribution in [2.24, 2.45) is 5.14 Å². The Morgan fingerprint density at radius 3 is 2.04 bits per heavy atom. The average molecular weight is 394 g/mol. The van der Waals surface area contributed by atoms with E-state index in [0.29, 0.717) is 6.07 Å². The first kappa shape index (κ1) is 19.2. The van der Waals surface area contributed by atoms with Crippen LogP contribution in [0.1, 0.15) is 11.1 Å². The van der Waals surface area contributed by atoms with E-state index in [4.69, 9.17) is 10.9 Å². The molecule has 0 heterocycles. The highest BCUT2D eigenvalue weighted by atomic mass is 32.2. The zero-order chi connectivity index (χ0) is 19.2. The molecule has 2 aromatic carbocycles. The van der Waals surface area contributed by atoms with Crippen LogP contribution in [0.4, 0.5) is 18.9 Å². The first-order valence-corrected chi connectivity index (χ1v) is 9.63. The van der Waals surface area contributed by atoms with Crippen molar-refractivity contribution in [3.8, 4) is 0 Å². The van der Waals surface area contributed by atoms with Crippen LogP contribution in [-0.4, -0.2) is 16.8 Å². The van der Waals surface area contributed by atoms with E-state index in [-0.39, 0.29) is 11.3 Å². The number of hydrogen-bond acceptors (Lipinski definition) is 5. The molecule has 0 bridgehead atoms. The van der Waals surface area contributed by atoms with Gasteiger partial charge < -0.3 is 5.73 Å². The molecule has 0 fully saturated rings. The lowest BCUT2D eigenvalue weighted by atomic mass is 10.2. The van der Waals surface area contributed by atoms with Crippen molar-refractivity contribution < 1.29 is 30.0 Å². The highest BCUT2D eigenvalue weighted by molar-refractivity contribution is 7.91. The monoisotopic (exact) mass is 394 g/mol. The summed E-state index contributed by atoms with van der Waals surface area (Å²) in [5, 5.41) is 4.96. The van der Waals surface area contributed by atoms with Crippen molar-refractivity contribution >= 4 is 25.5 Å². The molecule has 11 heteroatoms. The molecule has 136 valence electrons. The highest BCUT2D eigenvalue weighted by Crippen LogP contribution is 2.38. The number of aryl methyl sites for hydroxylation is 1. The van der Waals surface area contributed by atoms with E-state index in [2.05, 4.69) is 0 Å². The molecule has 0 amide bonds. The number of nitrogen functional groups attached to an aromatic ring is 1. The van der Waals surface area contributed by atoms with Crippen LogP contribution in [0, 0.1) is 6.92 Å². The number of rotatable bonds is 3. The number of halogens is 3. The molecule has 0 saturated carbocycles. The van der Waals surface area contributed by atoms with Gasteiger partial charge >= 0.3 is 6.18 Å². The van der Waals surface area contributed by atoms with E-state index in [1.165, 1.54) is 6.92 Å². The molecule has 25 heavy (non-hydrogen) atoms. The molecule has 0 saturated heterocycles. The van der Waals surface area contributed by atoms with Gasteiger partial charge in [0.1, 0.15) is 0 Å². The second kappa shape index (κ2) is 6.00. The fraction of sp³-hybridized carbons (Fsp3) is 0.143. The molecule has 0 atom stereocenters. The number of sulfonamides is 1. The zero-order valence-corrected chi connectivity index (χ0v) is 14.3. The van der Waals surface area contributed by atoms with Gasteiger partial charge in [0.05, 0.1) is 20.2 Å². The normalized spacial score (nSPS) is 13.0. The predicted octanol–water partition coefficient (Wildman–Crippen LogP) is 2.08. The largest absolute Gasteiger partial charge is 0.417 e. The molecule has 2 aromatic rings. The molecule has 0 aliphatic rings. The van der Waals surface area contributed by atoms with Gasteiger partial charge in [0.25, 0.3) is 0 Å². The van der Waals surface area contributed by atoms with Gasteiger partial charge in [-0.05, 0) is 42.8 Å². The van der Waals surface area contributed by atoms with Gasteiger partial charge in [-0.15, -0.1) is 0 Å². The zero-order valence-electron chi connectivity index (χ0n) is 12.7. The van der Waals surface area contributed by atoms with Gasteiger partial charge in [0, 0.05) is 5.69 Å². The molecular weight excluding hydrogens is 381 g/mol. The third kappa shape index (κ3) is 3.78. The van der Waals surface area contributed by atoms with E-state index in [9.17, 15) is 30.0 Å². The maximum absolute atomic E-state index is 13.2. The summed E-state index contributed by atoms with van der Waals surface area (Å²) in [6.45, 7) is 1.32. The van der Waals surface area contributed by atoms with Gasteiger partial charge in [0.2, 0.25) is 19.9 Å². The van der Waals surface area contributed by atoms with Crippen LogP contribution in [0.3, 0.4) is 0 Å². The van der Waals surface area contributed by atoms with Crippen LogP contribution in [-0.2, 0) is 26.0 Å². The second-order valence-electron chi connectivity index (χ2n) is 5.23. The van der Waals surface area contributed by atoms with Crippen LogP contribution in [0.25, 0.3) is 0 Å². The Bertz CT molecular complexity index is 1050. The van der Waals surface area contributed by atoms with Gasteiger partial charge in [-0.25, -0.2) is 22.0 Å². The summed E-state index contributed by atoms with van der Waals surface area (Å²) in [7, 11) is -8.92. The second-order valence-corrected chi connectivity index (χ2v) is 8.68. The SMILES string of the molecule is Cc1ccc(S(N)(=O)=O)cc1S(=O)(=O)c1ccc(N)cc1C(F)(F)F. The Balaban J connectivity index is 2.82. The lowest BCUT2D eigenvalue weighted by Crippen LogP contribution is -2.16. The minimum absolute atomic E-state index is 0.0670. The molecular formula is C14H13F3N2O4S2. The van der Waals surface area contributed by atoms with Crippen LogP contribution in [0.5, 0.6) is 0 Å². The number of anilines is 1. The van der Waals surface area contributed by atoms with E-state index in [0.717, 1.165) is 30.3 Å². The number of nitrogens with two attached hydrogens (primary N) is 2. The van der Waals surface area contributed by atoms with E-state index in [1.54, 1.807) is 0 Å². The topological polar surface area (TPSA) is 120 Å². The van der Waals surface area contributed by atoms with Gasteiger partial charge in [0.15, 0.2) is 0 Å². The average Bonchev–Trinajstić information content (AvgIpc) is 2.45. The molecule has 0 radical (unpaired) electrons. The summed E-state index contributed by atoms with van der Waals surface area (Å²) in [4.78, 5) is -2.14. The summed E-state index contributed by atoms with van der Waals surface area (Å²) < 4.78 is 87.9. The van der Waals surface area contributed by atoms with E-state index in [1.807, 2.05) is 0 Å². The Morgan fingerprint density at radius 2 is 1.52 bits per heavy atom. The van der Waals surface area contributed by atoms with Crippen LogP contribution in [0.2, 0.25) is 0 Å². The minimum Gasteiger partial charge on any atom is -0.399 e. The van der Waals surface area contributed by atoms with Crippen molar-refractivity contribution in [2.45, 2.75) is 27.8 Å². The molecule has 0 aliphatic heterocycles. The molecule has 0 aromatic heterocycles. The smallest absolute Gasteiger partial charge is 0.399 e. The molecule has 0 unspecified atom stereocenters. The highest BCUT2D eigenvalue weighted by Gasteiger charge is 2.38. The Labute approximate surface area is 142 Å². The van der Waals surface area contributed by atoms with E-state index < -0.39 is 46.3 Å². The maximum atomic E-state index is 13.2. The van der Waals surface area contributed by atoms with Crippen molar-refractivity contribution in [3.05, 3.63) is 47.5 Å². The van der Waals surface area contributed by atoms with Crippen LogP contribution >= 0.6 is 0 Å². The predicted molar refractivity (Wildman–Crippen MR) is 83.9 cm³/mol. The van der Waals surface area contributed by atoms with Crippen molar-refractivity contribution in [2.75, 3.05) is 5.73 Å². The molecule has 4 N–H and O–H groups in total. The lowest BCUT2D eigenvalue weighted by molar-refractivity contribution is -0.139. The number of primary sulfonamides is 1. The Morgan fingerprint density at radius 1 is 0.920 bits per heavy atom. The first-order chi connectivity index (χ1) is 11.2. The summed E-state index contributed by atoms with van der Waals surface area (Å²) in [6.07, 6.45) is -4.97. The van der Waals surface area contributed by atoms with Crippen molar-refractivity contribution in [1.29, 1.82) is 0 Å². The van der Waals surface area contributed by atoms with Crippen LogP contribution in [0.15, 0.2) is 51.1 Å². The quantitative estimate of drug-likeness (QED) is 0.772. The Hall–Kier alpha value is -2.11. The Kier molecular flexibility index (Phi) is 4.61. The summed E-state index contributed by atoms with van der Waals surface area (Å²) in [5.41, 5.74) is 3.69. The lowest BCUT2D eigenvalue weighted by Gasteiger charge is -2.15. The summed E-state index contributed by atoms with van der Waals surface area (Å²) in [5.74, 6) is 0. The summed E-state index contributed by atoms with van der Waals surface area (Å²) >= 11 is 0. The molecule has 0 aliphatic carbocycles. The van der Waals surface area contributed by atoms with Gasteiger partial charge in [-0.1, -0.05) is 6.07 Å². The number of hydrogen-bond donors (Lipinski definition) is 2. The van der Waals surface area contributed by atoms with Crippen molar-refractivity contribution in [1.82, 2.24) is 0 Å². The molecule has 0 spiro atoms. The van der Waals surface area contributed by atoms with Gasteiger partial charge in [-0.2, -0.15) is 13.2 Å². The third-order valence-corrected chi connectivity index (χ3v) is 6.24. The number of alkyl halides is 3. The first-order valence-electron chi connectivity index (χ1n) is 6.60. The maximum Gasteiger partial charge on any atom is 0.417 e. The van der Waals surface area contributed by atoms with Crippen LogP contribution < -0.4 is 10.9 Å². The number of benzene rings is 2. The van der Waals surface area contributed by atoms with Crippen molar-refractivity contribution in [3.63, 3.8) is 0 Å². The van der Waals surface area contributed by atoms with Gasteiger partial charge in [-0.3, -0.25) is 0 Å².